The largest absolute Gasteiger partial charge is 0.497 e. The number of primary amides is 1. The van der Waals surface area contributed by atoms with Crippen LogP contribution in [0.5, 0.6) is 5.75 Å². The van der Waals surface area contributed by atoms with Crippen molar-refractivity contribution in [2.24, 2.45) is 5.73 Å². The molecule has 8 heteroatoms. The van der Waals surface area contributed by atoms with Crippen molar-refractivity contribution >= 4 is 29.4 Å². The van der Waals surface area contributed by atoms with Crippen LogP contribution >= 0.6 is 11.6 Å². The Bertz CT molecular complexity index is 854. The van der Waals surface area contributed by atoms with E-state index >= 15 is 0 Å². The Kier molecular flexibility index (Phi) is 7.40. The number of Topliss-reactive ketones (excluding diaryl/α,β-unsaturated/α-hetero) is 1. The van der Waals surface area contributed by atoms with Crippen LogP contribution in [0, 0.1) is 0 Å². The number of nitrogens with two attached hydrogens (primary N) is 1. The summed E-state index contributed by atoms with van der Waals surface area (Å²) < 4.78 is 10.3. The molecule has 0 fully saturated rings. The van der Waals surface area contributed by atoms with Crippen LogP contribution in [0.15, 0.2) is 48.5 Å². The number of benzene rings is 2. The lowest BCUT2D eigenvalue weighted by Crippen LogP contribution is -2.35. The molecule has 2 rings (SSSR count). The normalized spacial score (nSPS) is 12.5. The standard InChI is InChI=1S/C20H21ClN2O5/c1-12(19(25)13-7-9-14(27-2)10-8-13)28-18(24)11-17(23-20(22)26)15-5-3-4-6-16(15)21/h3-10,12,17H,11H2,1-2H3,(H3,22,23,26)/t12-,17+/m0/s1. The number of halogens is 1. The zero-order valence-electron chi connectivity index (χ0n) is 15.5. The number of carbonyl (C=O) groups excluding carboxylic acids is 3. The Labute approximate surface area is 167 Å². The van der Waals surface area contributed by atoms with Crippen LogP contribution < -0.4 is 15.8 Å². The van der Waals surface area contributed by atoms with E-state index in [1.807, 2.05) is 0 Å². The number of hydrogen-bond acceptors (Lipinski definition) is 5. The molecule has 0 aliphatic carbocycles. The van der Waals surface area contributed by atoms with Gasteiger partial charge in [-0.05, 0) is 42.8 Å². The number of hydrogen-bond donors (Lipinski definition) is 2. The molecule has 7 nitrogen and oxygen atoms in total. The average molecular weight is 405 g/mol. The van der Waals surface area contributed by atoms with Gasteiger partial charge in [0.25, 0.3) is 0 Å². The van der Waals surface area contributed by atoms with Gasteiger partial charge in [0.2, 0.25) is 5.78 Å². The van der Waals surface area contributed by atoms with Crippen molar-refractivity contribution in [2.75, 3.05) is 7.11 Å². The lowest BCUT2D eigenvalue weighted by molar-refractivity contribution is -0.146. The highest BCUT2D eigenvalue weighted by atomic mass is 35.5. The Morgan fingerprint density at radius 3 is 2.32 bits per heavy atom. The Hall–Kier alpha value is -3.06. The van der Waals surface area contributed by atoms with Crippen molar-refractivity contribution < 1.29 is 23.9 Å². The van der Waals surface area contributed by atoms with Crippen LogP contribution in [0.4, 0.5) is 4.79 Å². The molecule has 0 aliphatic heterocycles. The first-order chi connectivity index (χ1) is 13.3. The molecule has 0 radical (unpaired) electrons. The van der Waals surface area contributed by atoms with Crippen LogP contribution in [0.2, 0.25) is 5.02 Å². The summed E-state index contributed by atoms with van der Waals surface area (Å²) in [5.41, 5.74) is 6.11. The number of ether oxygens (including phenoxy) is 2. The minimum atomic E-state index is -0.999. The highest BCUT2D eigenvalue weighted by Gasteiger charge is 2.24. The van der Waals surface area contributed by atoms with E-state index in [0.717, 1.165) is 0 Å². The number of amides is 2. The van der Waals surface area contributed by atoms with Gasteiger partial charge in [-0.25, -0.2) is 4.79 Å². The van der Waals surface area contributed by atoms with Crippen molar-refractivity contribution in [3.8, 4) is 5.75 Å². The first-order valence-corrected chi connectivity index (χ1v) is 8.87. The first kappa shape index (κ1) is 21.2. The molecule has 3 N–H and O–H groups in total. The molecule has 2 aromatic carbocycles. The molecule has 0 bridgehead atoms. The predicted octanol–water partition coefficient (Wildman–Crippen LogP) is 3.26. The molecule has 0 saturated heterocycles. The fraction of sp³-hybridized carbons (Fsp3) is 0.250. The van der Waals surface area contributed by atoms with Crippen molar-refractivity contribution in [1.82, 2.24) is 5.32 Å². The summed E-state index contributed by atoms with van der Waals surface area (Å²) in [7, 11) is 1.52. The van der Waals surface area contributed by atoms with Gasteiger partial charge < -0.3 is 20.5 Å². The second-order valence-corrected chi connectivity index (χ2v) is 6.42. The lowest BCUT2D eigenvalue weighted by Gasteiger charge is -2.20. The van der Waals surface area contributed by atoms with E-state index in [1.54, 1.807) is 48.5 Å². The second kappa shape index (κ2) is 9.75. The van der Waals surface area contributed by atoms with Gasteiger partial charge >= 0.3 is 12.0 Å². The second-order valence-electron chi connectivity index (χ2n) is 6.01. The number of carbonyl (C=O) groups is 3. The van der Waals surface area contributed by atoms with Crippen molar-refractivity contribution in [1.29, 1.82) is 0 Å². The third kappa shape index (κ3) is 5.72. The molecule has 28 heavy (non-hydrogen) atoms. The predicted molar refractivity (Wildman–Crippen MR) is 104 cm³/mol. The number of ketones is 1. The van der Waals surface area contributed by atoms with Crippen molar-refractivity contribution in [2.45, 2.75) is 25.5 Å². The maximum Gasteiger partial charge on any atom is 0.312 e. The Morgan fingerprint density at radius 1 is 1.11 bits per heavy atom. The van der Waals surface area contributed by atoms with Gasteiger partial charge in [0, 0.05) is 10.6 Å². The summed E-state index contributed by atoms with van der Waals surface area (Å²) in [6.07, 6.45) is -1.23. The molecule has 2 aromatic rings. The first-order valence-electron chi connectivity index (χ1n) is 8.50. The molecular formula is C20H21ClN2O5. The fourth-order valence-corrected chi connectivity index (χ4v) is 2.89. The van der Waals surface area contributed by atoms with E-state index in [1.165, 1.54) is 14.0 Å². The van der Waals surface area contributed by atoms with Crippen LogP contribution in [-0.4, -0.2) is 31.0 Å². The zero-order chi connectivity index (χ0) is 20.7. The molecule has 2 atom stereocenters. The number of methoxy groups -OCH3 is 1. The van der Waals surface area contributed by atoms with Gasteiger partial charge in [0.05, 0.1) is 19.6 Å². The minimum absolute atomic E-state index is 0.229. The van der Waals surface area contributed by atoms with Gasteiger partial charge in [0.15, 0.2) is 6.10 Å². The third-order valence-corrected chi connectivity index (χ3v) is 4.36. The summed E-state index contributed by atoms with van der Waals surface area (Å²) in [4.78, 5) is 36.1. The van der Waals surface area contributed by atoms with E-state index in [2.05, 4.69) is 5.32 Å². The number of nitrogens with one attached hydrogen (secondary N) is 1. The van der Waals surface area contributed by atoms with E-state index in [9.17, 15) is 14.4 Å². The number of esters is 1. The third-order valence-electron chi connectivity index (χ3n) is 4.02. The maximum absolute atomic E-state index is 12.4. The molecule has 0 heterocycles. The van der Waals surface area contributed by atoms with E-state index in [4.69, 9.17) is 26.8 Å². The highest BCUT2D eigenvalue weighted by molar-refractivity contribution is 6.31. The van der Waals surface area contributed by atoms with Gasteiger partial charge in [-0.3, -0.25) is 9.59 Å². The minimum Gasteiger partial charge on any atom is -0.497 e. The van der Waals surface area contributed by atoms with Gasteiger partial charge in [-0.1, -0.05) is 29.8 Å². The molecule has 0 unspecified atom stereocenters. The van der Waals surface area contributed by atoms with Gasteiger partial charge in [-0.2, -0.15) is 0 Å². The summed E-state index contributed by atoms with van der Waals surface area (Å²) in [6.45, 7) is 1.48. The summed E-state index contributed by atoms with van der Waals surface area (Å²) in [6, 6.07) is 11.6. The van der Waals surface area contributed by atoms with Crippen LogP contribution in [0.25, 0.3) is 0 Å². The topological polar surface area (TPSA) is 108 Å². The lowest BCUT2D eigenvalue weighted by atomic mass is 10.0. The highest BCUT2D eigenvalue weighted by Crippen LogP contribution is 2.25. The van der Waals surface area contributed by atoms with E-state index in [0.29, 0.717) is 21.9 Å². The van der Waals surface area contributed by atoms with Crippen LogP contribution in [-0.2, 0) is 9.53 Å². The van der Waals surface area contributed by atoms with Gasteiger partial charge in [-0.15, -0.1) is 0 Å². The van der Waals surface area contributed by atoms with E-state index in [-0.39, 0.29) is 12.2 Å². The summed E-state index contributed by atoms with van der Waals surface area (Å²) >= 11 is 6.14. The van der Waals surface area contributed by atoms with E-state index < -0.39 is 24.1 Å². The molecule has 0 spiro atoms. The SMILES string of the molecule is COc1ccc(C(=O)[C@H](C)OC(=O)C[C@@H](NC(N)=O)c2ccccc2Cl)cc1. The quantitative estimate of drug-likeness (QED) is 0.518. The van der Waals surface area contributed by atoms with Gasteiger partial charge in [0.1, 0.15) is 5.75 Å². The Balaban J connectivity index is 2.05. The average Bonchev–Trinajstić information content (AvgIpc) is 2.67. The zero-order valence-corrected chi connectivity index (χ0v) is 16.2. The molecule has 0 saturated carbocycles. The van der Waals surface area contributed by atoms with Crippen LogP contribution in [0.1, 0.15) is 35.3 Å². The maximum atomic E-state index is 12.4. The molecule has 0 aromatic heterocycles. The molecule has 0 aliphatic rings. The Morgan fingerprint density at radius 2 is 1.75 bits per heavy atom. The fourth-order valence-electron chi connectivity index (χ4n) is 2.62. The number of urea groups is 1. The molecule has 148 valence electrons. The molecular weight excluding hydrogens is 384 g/mol. The summed E-state index contributed by atoms with van der Waals surface area (Å²) in [5.74, 6) is -0.414. The number of rotatable bonds is 8. The smallest absolute Gasteiger partial charge is 0.312 e. The van der Waals surface area contributed by atoms with Crippen molar-refractivity contribution in [3.05, 3.63) is 64.7 Å². The van der Waals surface area contributed by atoms with Crippen LogP contribution in [0.3, 0.4) is 0 Å². The van der Waals surface area contributed by atoms with Crippen molar-refractivity contribution in [3.63, 3.8) is 0 Å². The summed E-state index contributed by atoms with van der Waals surface area (Å²) in [5, 5.41) is 2.84. The molecule has 2 amide bonds. The monoisotopic (exact) mass is 404 g/mol.